The van der Waals surface area contributed by atoms with E-state index in [1.54, 1.807) is 0 Å². The highest BCUT2D eigenvalue weighted by Crippen LogP contribution is 2.07. The lowest BCUT2D eigenvalue weighted by atomic mass is 10.3. The Morgan fingerprint density at radius 3 is 2.53 bits per heavy atom. The largest absolute Gasteiger partial charge is 0.473 e. The van der Waals surface area contributed by atoms with Crippen molar-refractivity contribution in [3.8, 4) is 5.75 Å². The minimum Gasteiger partial charge on any atom is -0.473 e. The van der Waals surface area contributed by atoms with Crippen LogP contribution in [0.3, 0.4) is 0 Å². The Labute approximate surface area is 114 Å². The number of carbonyl (C=O) groups is 1. The van der Waals surface area contributed by atoms with Crippen LogP contribution in [-0.2, 0) is 0 Å². The topological polar surface area (TPSA) is 44.8 Å². The summed E-state index contributed by atoms with van der Waals surface area (Å²) in [6, 6.07) is 9.42. The van der Waals surface area contributed by atoms with Crippen molar-refractivity contribution >= 4 is 6.03 Å². The van der Waals surface area contributed by atoms with E-state index in [0.29, 0.717) is 0 Å². The summed E-state index contributed by atoms with van der Waals surface area (Å²) in [5, 5.41) is 2.78. The predicted octanol–water partition coefficient (Wildman–Crippen LogP) is 1.37. The Morgan fingerprint density at radius 1 is 1.21 bits per heavy atom. The Bertz CT molecular complexity index is 389. The Balaban J connectivity index is 1.67. The Morgan fingerprint density at radius 2 is 1.89 bits per heavy atom. The average molecular weight is 263 g/mol. The van der Waals surface area contributed by atoms with Crippen molar-refractivity contribution in [3.05, 3.63) is 30.3 Å². The van der Waals surface area contributed by atoms with Gasteiger partial charge in [-0.3, -0.25) is 0 Å². The third-order valence-corrected chi connectivity index (χ3v) is 3.31. The second kappa shape index (κ2) is 6.99. The quantitative estimate of drug-likeness (QED) is 0.835. The van der Waals surface area contributed by atoms with Crippen molar-refractivity contribution in [1.29, 1.82) is 0 Å². The second-order valence-electron chi connectivity index (χ2n) is 4.50. The molecule has 0 aliphatic carbocycles. The fourth-order valence-electron chi connectivity index (χ4n) is 2.08. The molecule has 1 heterocycles. The van der Waals surface area contributed by atoms with E-state index in [-0.39, 0.29) is 12.8 Å². The molecule has 0 aromatic heterocycles. The van der Waals surface area contributed by atoms with Crippen molar-refractivity contribution in [1.82, 2.24) is 15.1 Å². The van der Waals surface area contributed by atoms with E-state index in [4.69, 9.17) is 4.74 Å². The maximum absolute atomic E-state index is 11.9. The summed E-state index contributed by atoms with van der Waals surface area (Å²) in [7, 11) is 0. The van der Waals surface area contributed by atoms with Crippen LogP contribution in [0.1, 0.15) is 6.92 Å². The molecule has 0 saturated carbocycles. The van der Waals surface area contributed by atoms with Gasteiger partial charge in [0.25, 0.3) is 0 Å². The lowest BCUT2D eigenvalue weighted by molar-refractivity contribution is 0.137. The van der Waals surface area contributed by atoms with Gasteiger partial charge in [-0.2, -0.15) is 0 Å². The van der Waals surface area contributed by atoms with E-state index in [2.05, 4.69) is 17.1 Å². The molecule has 0 spiro atoms. The first-order chi connectivity index (χ1) is 9.29. The average Bonchev–Trinajstić information content (AvgIpc) is 2.48. The maximum atomic E-state index is 11.9. The molecule has 0 atom stereocenters. The molecule has 5 nitrogen and oxygen atoms in total. The smallest absolute Gasteiger partial charge is 0.320 e. The van der Waals surface area contributed by atoms with Gasteiger partial charge in [-0.15, -0.1) is 0 Å². The van der Waals surface area contributed by atoms with Crippen molar-refractivity contribution in [3.63, 3.8) is 0 Å². The summed E-state index contributed by atoms with van der Waals surface area (Å²) in [6.07, 6.45) is 0. The molecule has 19 heavy (non-hydrogen) atoms. The van der Waals surface area contributed by atoms with Gasteiger partial charge >= 0.3 is 6.03 Å². The molecule has 2 amide bonds. The number of likely N-dealkylation sites (N-methyl/N-ethyl adjacent to an activating group) is 1. The number of ether oxygens (including phenoxy) is 1. The maximum Gasteiger partial charge on any atom is 0.320 e. The summed E-state index contributed by atoms with van der Waals surface area (Å²) in [6.45, 7) is 6.86. The van der Waals surface area contributed by atoms with Gasteiger partial charge < -0.3 is 19.9 Å². The molecular formula is C14H21N3O2. The first-order valence-electron chi connectivity index (χ1n) is 6.72. The van der Waals surface area contributed by atoms with E-state index < -0.39 is 0 Å². The first kappa shape index (κ1) is 13.7. The third-order valence-electron chi connectivity index (χ3n) is 3.31. The molecule has 1 N–H and O–H groups in total. The van der Waals surface area contributed by atoms with Gasteiger partial charge in [-0.25, -0.2) is 4.79 Å². The summed E-state index contributed by atoms with van der Waals surface area (Å²) in [5.41, 5.74) is 0. The van der Waals surface area contributed by atoms with E-state index in [9.17, 15) is 4.79 Å². The fraction of sp³-hybridized carbons (Fsp3) is 0.500. The highest BCUT2D eigenvalue weighted by Gasteiger charge is 2.19. The molecule has 1 aromatic rings. The fourth-order valence-corrected chi connectivity index (χ4v) is 2.08. The number of amides is 2. The zero-order chi connectivity index (χ0) is 13.5. The van der Waals surface area contributed by atoms with Crippen LogP contribution < -0.4 is 10.1 Å². The van der Waals surface area contributed by atoms with Crippen LogP contribution in [0.2, 0.25) is 0 Å². The van der Waals surface area contributed by atoms with E-state index in [0.717, 1.165) is 38.5 Å². The molecule has 1 aromatic carbocycles. The van der Waals surface area contributed by atoms with Gasteiger partial charge in [0.2, 0.25) is 0 Å². The molecule has 1 fully saturated rings. The SMILES string of the molecule is CCN1CCN(C(=O)NCOc2ccccc2)CC1. The summed E-state index contributed by atoms with van der Waals surface area (Å²) >= 11 is 0. The van der Waals surface area contributed by atoms with Crippen molar-refractivity contribution in [2.75, 3.05) is 39.5 Å². The van der Waals surface area contributed by atoms with Crippen LogP contribution in [0.4, 0.5) is 4.79 Å². The minimum absolute atomic E-state index is 0.0494. The zero-order valence-electron chi connectivity index (χ0n) is 11.3. The molecule has 5 heteroatoms. The number of benzene rings is 1. The van der Waals surface area contributed by atoms with Gasteiger partial charge in [0.05, 0.1) is 0 Å². The predicted molar refractivity (Wildman–Crippen MR) is 74.2 cm³/mol. The molecule has 1 aliphatic rings. The standard InChI is InChI=1S/C14H21N3O2/c1-2-16-8-10-17(11-9-16)14(18)15-12-19-13-6-4-3-5-7-13/h3-7H,2,8-12H2,1H3,(H,15,18). The highest BCUT2D eigenvalue weighted by atomic mass is 16.5. The number of rotatable bonds is 4. The van der Waals surface area contributed by atoms with E-state index >= 15 is 0 Å². The number of urea groups is 1. The summed E-state index contributed by atoms with van der Waals surface area (Å²) in [5.74, 6) is 0.763. The van der Waals surface area contributed by atoms with E-state index in [1.165, 1.54) is 0 Å². The molecule has 1 saturated heterocycles. The number of para-hydroxylation sites is 1. The van der Waals surface area contributed by atoms with Gasteiger partial charge in [0.15, 0.2) is 6.73 Å². The molecule has 1 aliphatic heterocycles. The molecule has 104 valence electrons. The van der Waals surface area contributed by atoms with Gasteiger partial charge in [-0.05, 0) is 18.7 Å². The lowest BCUT2D eigenvalue weighted by Gasteiger charge is -2.33. The number of hydrogen-bond donors (Lipinski definition) is 1. The number of piperazine rings is 1. The zero-order valence-corrected chi connectivity index (χ0v) is 11.3. The molecule has 2 rings (SSSR count). The number of nitrogens with one attached hydrogen (secondary N) is 1. The van der Waals surface area contributed by atoms with Crippen LogP contribution in [-0.4, -0.2) is 55.3 Å². The number of carbonyl (C=O) groups excluding carboxylic acids is 1. The minimum atomic E-state index is -0.0494. The molecule has 0 bridgehead atoms. The molecular weight excluding hydrogens is 242 g/mol. The Hall–Kier alpha value is -1.75. The van der Waals surface area contributed by atoms with Crippen LogP contribution in [0.15, 0.2) is 30.3 Å². The lowest BCUT2D eigenvalue weighted by Crippen LogP contribution is -2.52. The first-order valence-corrected chi connectivity index (χ1v) is 6.72. The molecule has 0 radical (unpaired) electrons. The Kier molecular flexibility index (Phi) is 5.03. The van der Waals surface area contributed by atoms with Gasteiger partial charge in [0.1, 0.15) is 5.75 Å². The van der Waals surface area contributed by atoms with Crippen LogP contribution in [0, 0.1) is 0 Å². The highest BCUT2D eigenvalue weighted by molar-refractivity contribution is 5.74. The van der Waals surface area contributed by atoms with Crippen LogP contribution in [0.5, 0.6) is 5.75 Å². The third kappa shape index (κ3) is 4.13. The summed E-state index contributed by atoms with van der Waals surface area (Å²) in [4.78, 5) is 16.1. The number of hydrogen-bond acceptors (Lipinski definition) is 3. The van der Waals surface area contributed by atoms with Crippen molar-refractivity contribution < 1.29 is 9.53 Å². The monoisotopic (exact) mass is 263 g/mol. The van der Waals surface area contributed by atoms with Gasteiger partial charge in [-0.1, -0.05) is 25.1 Å². The summed E-state index contributed by atoms with van der Waals surface area (Å²) < 4.78 is 5.44. The van der Waals surface area contributed by atoms with E-state index in [1.807, 2.05) is 35.2 Å². The number of nitrogens with zero attached hydrogens (tertiary/aromatic N) is 2. The van der Waals surface area contributed by atoms with Crippen LogP contribution in [0.25, 0.3) is 0 Å². The molecule has 0 unspecified atom stereocenters. The van der Waals surface area contributed by atoms with Crippen molar-refractivity contribution in [2.45, 2.75) is 6.92 Å². The van der Waals surface area contributed by atoms with Gasteiger partial charge in [0, 0.05) is 26.2 Å². The van der Waals surface area contributed by atoms with Crippen molar-refractivity contribution in [2.24, 2.45) is 0 Å². The normalized spacial score (nSPS) is 16.2. The second-order valence-corrected chi connectivity index (χ2v) is 4.50. The van der Waals surface area contributed by atoms with Crippen LogP contribution >= 0.6 is 0 Å².